The van der Waals surface area contributed by atoms with Crippen molar-refractivity contribution in [3.05, 3.63) is 0 Å². The van der Waals surface area contributed by atoms with Gasteiger partial charge in [0, 0.05) is 19.4 Å². The molecule has 1 atom stereocenters. The molecule has 4 heteroatoms. The van der Waals surface area contributed by atoms with E-state index in [-0.39, 0.29) is 23.8 Å². The second-order valence-electron chi connectivity index (χ2n) is 4.94. The topological polar surface area (TPSA) is 57.6 Å². The van der Waals surface area contributed by atoms with Gasteiger partial charge < -0.3 is 14.8 Å². The summed E-state index contributed by atoms with van der Waals surface area (Å²) >= 11 is 0. The number of carbonyl (C=O) groups is 2. The van der Waals surface area contributed by atoms with Crippen LogP contribution in [-0.4, -0.2) is 40.4 Å². The van der Waals surface area contributed by atoms with E-state index in [1.54, 1.807) is 6.92 Å². The standard InChI is InChI=1S/C13H23NO3/c1-3-13(10-15)8-5-9-14(13)12(17)7-4-6-11(2)16/h15H,3-10H2,1-2H3. The van der Waals surface area contributed by atoms with Gasteiger partial charge >= 0.3 is 0 Å². The van der Waals surface area contributed by atoms with Gasteiger partial charge in [-0.3, -0.25) is 4.79 Å². The van der Waals surface area contributed by atoms with Crippen molar-refractivity contribution in [2.24, 2.45) is 0 Å². The maximum atomic E-state index is 12.1. The highest BCUT2D eigenvalue weighted by Gasteiger charge is 2.41. The number of aliphatic hydroxyl groups is 1. The lowest BCUT2D eigenvalue weighted by molar-refractivity contribution is -0.137. The monoisotopic (exact) mass is 241 g/mol. The minimum Gasteiger partial charge on any atom is -0.394 e. The molecule has 0 aromatic carbocycles. The summed E-state index contributed by atoms with van der Waals surface area (Å²) in [7, 11) is 0. The van der Waals surface area contributed by atoms with Crippen LogP contribution in [0.3, 0.4) is 0 Å². The van der Waals surface area contributed by atoms with Crippen molar-refractivity contribution in [1.29, 1.82) is 0 Å². The smallest absolute Gasteiger partial charge is 0.223 e. The first kappa shape index (κ1) is 14.2. The maximum Gasteiger partial charge on any atom is 0.223 e. The van der Waals surface area contributed by atoms with Gasteiger partial charge in [-0.15, -0.1) is 0 Å². The first-order valence-electron chi connectivity index (χ1n) is 6.46. The van der Waals surface area contributed by atoms with Crippen LogP contribution in [0.25, 0.3) is 0 Å². The van der Waals surface area contributed by atoms with Crippen molar-refractivity contribution in [3.8, 4) is 0 Å². The largest absolute Gasteiger partial charge is 0.394 e. The lowest BCUT2D eigenvalue weighted by atomic mass is 9.93. The van der Waals surface area contributed by atoms with Crippen molar-refractivity contribution >= 4 is 11.7 Å². The molecule has 1 heterocycles. The Kier molecular flexibility index (Phi) is 5.12. The molecule has 1 aliphatic heterocycles. The third kappa shape index (κ3) is 3.28. The zero-order valence-corrected chi connectivity index (χ0v) is 10.9. The summed E-state index contributed by atoms with van der Waals surface area (Å²) in [6.07, 6.45) is 4.16. The van der Waals surface area contributed by atoms with Crippen molar-refractivity contribution in [2.45, 2.75) is 57.9 Å². The molecule has 17 heavy (non-hydrogen) atoms. The number of amides is 1. The van der Waals surface area contributed by atoms with E-state index in [1.165, 1.54) is 0 Å². The molecule has 0 aromatic heterocycles. The fourth-order valence-electron chi connectivity index (χ4n) is 2.59. The number of aliphatic hydroxyl groups excluding tert-OH is 1. The van der Waals surface area contributed by atoms with E-state index in [2.05, 4.69) is 0 Å². The van der Waals surface area contributed by atoms with Crippen LogP contribution in [0.4, 0.5) is 0 Å². The van der Waals surface area contributed by atoms with Gasteiger partial charge in [0.05, 0.1) is 12.1 Å². The molecule has 1 N–H and O–H groups in total. The van der Waals surface area contributed by atoms with Crippen LogP contribution in [0.5, 0.6) is 0 Å². The Balaban J connectivity index is 2.53. The van der Waals surface area contributed by atoms with Crippen molar-refractivity contribution in [2.75, 3.05) is 13.2 Å². The lowest BCUT2D eigenvalue weighted by Gasteiger charge is -2.36. The Bertz CT molecular complexity index is 284. The highest BCUT2D eigenvalue weighted by atomic mass is 16.3. The number of hydrogen-bond acceptors (Lipinski definition) is 3. The average molecular weight is 241 g/mol. The Morgan fingerprint density at radius 3 is 2.59 bits per heavy atom. The SMILES string of the molecule is CCC1(CO)CCCN1C(=O)CCCC(C)=O. The normalized spacial score (nSPS) is 24.1. The van der Waals surface area contributed by atoms with Gasteiger partial charge in [-0.2, -0.15) is 0 Å². The molecule has 1 amide bonds. The summed E-state index contributed by atoms with van der Waals surface area (Å²) in [5, 5.41) is 9.50. The van der Waals surface area contributed by atoms with Crippen LogP contribution < -0.4 is 0 Å². The molecule has 0 aliphatic carbocycles. The second kappa shape index (κ2) is 6.15. The van der Waals surface area contributed by atoms with Gasteiger partial charge in [0.2, 0.25) is 5.91 Å². The Hall–Kier alpha value is -0.900. The van der Waals surface area contributed by atoms with Crippen LogP contribution in [-0.2, 0) is 9.59 Å². The van der Waals surface area contributed by atoms with Crippen LogP contribution in [0.1, 0.15) is 52.4 Å². The fraction of sp³-hybridized carbons (Fsp3) is 0.846. The molecular formula is C13H23NO3. The summed E-state index contributed by atoms with van der Waals surface area (Å²) in [6.45, 7) is 4.34. The Morgan fingerprint density at radius 2 is 2.06 bits per heavy atom. The minimum absolute atomic E-state index is 0.0436. The van der Waals surface area contributed by atoms with Crippen LogP contribution >= 0.6 is 0 Å². The molecule has 1 fully saturated rings. The van der Waals surface area contributed by atoms with E-state index in [0.29, 0.717) is 19.3 Å². The third-order valence-electron chi connectivity index (χ3n) is 3.77. The molecule has 4 nitrogen and oxygen atoms in total. The van der Waals surface area contributed by atoms with E-state index in [9.17, 15) is 14.7 Å². The van der Waals surface area contributed by atoms with E-state index < -0.39 is 0 Å². The molecule has 1 rings (SSSR count). The quantitative estimate of drug-likeness (QED) is 0.767. The number of ketones is 1. The van der Waals surface area contributed by atoms with Crippen LogP contribution in [0.15, 0.2) is 0 Å². The second-order valence-corrected chi connectivity index (χ2v) is 4.94. The molecule has 0 aromatic rings. The molecule has 98 valence electrons. The lowest BCUT2D eigenvalue weighted by Crippen LogP contribution is -2.49. The summed E-state index contributed by atoms with van der Waals surface area (Å²) in [5.41, 5.74) is -0.340. The fourth-order valence-corrected chi connectivity index (χ4v) is 2.59. The average Bonchev–Trinajstić information content (AvgIpc) is 2.72. The first-order chi connectivity index (χ1) is 8.05. The number of rotatable bonds is 6. The first-order valence-corrected chi connectivity index (χ1v) is 6.46. The number of nitrogens with zero attached hydrogens (tertiary/aromatic N) is 1. The van der Waals surface area contributed by atoms with E-state index in [0.717, 1.165) is 25.8 Å². The minimum atomic E-state index is -0.340. The van der Waals surface area contributed by atoms with Gasteiger partial charge in [0.25, 0.3) is 0 Å². The van der Waals surface area contributed by atoms with Crippen molar-refractivity contribution in [3.63, 3.8) is 0 Å². The van der Waals surface area contributed by atoms with E-state index >= 15 is 0 Å². The predicted octanol–water partition coefficient (Wildman–Crippen LogP) is 1.51. The van der Waals surface area contributed by atoms with Gasteiger partial charge in [-0.05, 0) is 32.6 Å². The van der Waals surface area contributed by atoms with Gasteiger partial charge in [0.1, 0.15) is 5.78 Å². The highest BCUT2D eigenvalue weighted by Crippen LogP contribution is 2.32. The maximum absolute atomic E-state index is 12.1. The Labute approximate surface area is 103 Å². The number of carbonyl (C=O) groups excluding carboxylic acids is 2. The summed E-state index contributed by atoms with van der Waals surface area (Å²) < 4.78 is 0. The highest BCUT2D eigenvalue weighted by molar-refractivity contribution is 5.79. The predicted molar refractivity (Wildman–Crippen MR) is 65.6 cm³/mol. The molecule has 0 saturated carbocycles. The third-order valence-corrected chi connectivity index (χ3v) is 3.77. The molecule has 1 unspecified atom stereocenters. The molecule has 0 bridgehead atoms. The zero-order valence-electron chi connectivity index (χ0n) is 10.9. The van der Waals surface area contributed by atoms with Crippen molar-refractivity contribution < 1.29 is 14.7 Å². The van der Waals surface area contributed by atoms with E-state index in [4.69, 9.17) is 0 Å². The number of Topliss-reactive ketones (excluding diaryl/α,β-unsaturated/α-hetero) is 1. The molecule has 0 radical (unpaired) electrons. The molecule has 0 spiro atoms. The summed E-state index contributed by atoms with van der Waals surface area (Å²) in [6, 6.07) is 0. The number of likely N-dealkylation sites (tertiary alicyclic amines) is 1. The molecule has 1 aliphatic rings. The van der Waals surface area contributed by atoms with Gasteiger partial charge in [-0.1, -0.05) is 6.92 Å². The zero-order chi connectivity index (χ0) is 12.9. The van der Waals surface area contributed by atoms with Crippen molar-refractivity contribution in [1.82, 2.24) is 4.90 Å². The number of hydrogen-bond donors (Lipinski definition) is 1. The van der Waals surface area contributed by atoms with Gasteiger partial charge in [0.15, 0.2) is 0 Å². The van der Waals surface area contributed by atoms with Gasteiger partial charge in [-0.25, -0.2) is 0 Å². The molecular weight excluding hydrogens is 218 g/mol. The van der Waals surface area contributed by atoms with Crippen LogP contribution in [0, 0.1) is 0 Å². The molecule has 1 saturated heterocycles. The summed E-state index contributed by atoms with van der Waals surface area (Å²) in [5.74, 6) is 0.211. The van der Waals surface area contributed by atoms with E-state index in [1.807, 2.05) is 11.8 Å². The van der Waals surface area contributed by atoms with Crippen LogP contribution in [0.2, 0.25) is 0 Å². The summed E-state index contributed by atoms with van der Waals surface area (Å²) in [4.78, 5) is 24.7. The Morgan fingerprint density at radius 1 is 1.35 bits per heavy atom.